The normalized spacial score (nSPS) is 19.6. The summed E-state index contributed by atoms with van der Waals surface area (Å²) < 4.78 is 0.627. The van der Waals surface area contributed by atoms with Crippen molar-refractivity contribution < 1.29 is 9.59 Å². The van der Waals surface area contributed by atoms with Gasteiger partial charge in [0.25, 0.3) is 5.91 Å². The Hall–Kier alpha value is -1.43. The lowest BCUT2D eigenvalue weighted by molar-refractivity contribution is -0.122. The third-order valence-electron chi connectivity index (χ3n) is 2.59. The summed E-state index contributed by atoms with van der Waals surface area (Å²) in [5.41, 5.74) is 0.559. The zero-order valence-electron chi connectivity index (χ0n) is 9.07. The zero-order valence-corrected chi connectivity index (χ0v) is 10.7. The number of carbonyl (C=O) groups is 2. The second-order valence-corrected chi connectivity index (χ2v) is 4.69. The van der Waals surface area contributed by atoms with E-state index >= 15 is 0 Å². The van der Waals surface area contributed by atoms with E-state index in [1.54, 1.807) is 18.3 Å². The van der Waals surface area contributed by atoms with E-state index in [4.69, 9.17) is 0 Å². The van der Waals surface area contributed by atoms with Gasteiger partial charge in [-0.05, 0) is 34.5 Å². The van der Waals surface area contributed by atoms with Gasteiger partial charge in [0.05, 0.1) is 0 Å². The van der Waals surface area contributed by atoms with Crippen LogP contribution in [0.1, 0.15) is 23.2 Å². The molecule has 1 aromatic heterocycles. The molecule has 1 unspecified atom stereocenters. The number of carbonyl (C=O) groups excluding carboxylic acids is 2. The van der Waals surface area contributed by atoms with Crippen LogP contribution in [0.25, 0.3) is 0 Å². The van der Waals surface area contributed by atoms with Crippen molar-refractivity contribution in [3.05, 3.63) is 28.5 Å². The molecule has 0 spiro atoms. The molecular formula is C11H12BrN3O2. The Morgan fingerprint density at radius 2 is 2.41 bits per heavy atom. The maximum atomic E-state index is 11.9. The van der Waals surface area contributed by atoms with Gasteiger partial charge in [-0.1, -0.05) is 0 Å². The summed E-state index contributed by atoms with van der Waals surface area (Å²) in [6, 6.07) is 3.32. The maximum Gasteiger partial charge on any atom is 0.251 e. The average molecular weight is 298 g/mol. The predicted octanol–water partition coefficient (Wildman–Crippen LogP) is 0.853. The highest BCUT2D eigenvalue weighted by Crippen LogP contribution is 2.09. The fraction of sp³-hybridized carbons (Fsp3) is 0.364. The molecule has 6 heteroatoms. The number of nitrogens with one attached hydrogen (secondary N) is 2. The third kappa shape index (κ3) is 3.26. The lowest BCUT2D eigenvalue weighted by atomic mass is 10.1. The second kappa shape index (κ2) is 5.27. The fourth-order valence-electron chi connectivity index (χ4n) is 1.67. The van der Waals surface area contributed by atoms with Gasteiger partial charge in [-0.3, -0.25) is 9.59 Å². The minimum atomic E-state index is -0.144. The highest BCUT2D eigenvalue weighted by atomic mass is 79.9. The van der Waals surface area contributed by atoms with Gasteiger partial charge in [0, 0.05) is 30.8 Å². The standard InChI is InChI=1S/C11H12BrN3O2/c12-9-5-7(3-4-13-9)11(17)15-8-1-2-10(16)14-6-8/h3-5,8H,1-2,6H2,(H,14,16)(H,15,17). The Labute approximate surface area is 107 Å². The van der Waals surface area contributed by atoms with Crippen LogP contribution in [0.3, 0.4) is 0 Å². The molecule has 0 radical (unpaired) electrons. The van der Waals surface area contributed by atoms with E-state index in [9.17, 15) is 9.59 Å². The van der Waals surface area contributed by atoms with Crippen molar-refractivity contribution in [2.75, 3.05) is 6.54 Å². The molecule has 17 heavy (non-hydrogen) atoms. The van der Waals surface area contributed by atoms with Gasteiger partial charge in [-0.15, -0.1) is 0 Å². The number of nitrogens with zero attached hydrogens (tertiary/aromatic N) is 1. The number of hydrogen-bond acceptors (Lipinski definition) is 3. The maximum absolute atomic E-state index is 11.9. The number of halogens is 1. The molecule has 0 saturated carbocycles. The van der Waals surface area contributed by atoms with Crippen LogP contribution in [0.15, 0.2) is 22.9 Å². The monoisotopic (exact) mass is 297 g/mol. The van der Waals surface area contributed by atoms with E-state index in [0.29, 0.717) is 29.6 Å². The number of amides is 2. The zero-order chi connectivity index (χ0) is 12.3. The van der Waals surface area contributed by atoms with Crippen molar-refractivity contribution in [2.45, 2.75) is 18.9 Å². The Kier molecular flexibility index (Phi) is 3.73. The van der Waals surface area contributed by atoms with E-state index in [0.717, 1.165) is 0 Å². The SMILES string of the molecule is O=C1CCC(NC(=O)c2ccnc(Br)c2)CN1. The van der Waals surface area contributed by atoms with Crippen LogP contribution in [0.4, 0.5) is 0 Å². The van der Waals surface area contributed by atoms with Crippen LogP contribution < -0.4 is 10.6 Å². The van der Waals surface area contributed by atoms with E-state index in [1.807, 2.05) is 0 Å². The largest absolute Gasteiger partial charge is 0.354 e. The summed E-state index contributed by atoms with van der Waals surface area (Å²) in [5, 5.41) is 5.61. The first-order valence-corrected chi connectivity index (χ1v) is 6.13. The molecule has 1 aliphatic heterocycles. The van der Waals surface area contributed by atoms with E-state index in [1.165, 1.54) is 0 Å². The van der Waals surface area contributed by atoms with Gasteiger partial charge in [0.15, 0.2) is 0 Å². The first kappa shape index (κ1) is 12.0. The van der Waals surface area contributed by atoms with Crippen molar-refractivity contribution in [1.29, 1.82) is 0 Å². The molecule has 0 aliphatic carbocycles. The minimum absolute atomic E-state index is 0.00661. The summed E-state index contributed by atoms with van der Waals surface area (Å²) >= 11 is 3.22. The van der Waals surface area contributed by atoms with E-state index in [-0.39, 0.29) is 17.9 Å². The van der Waals surface area contributed by atoms with E-state index < -0.39 is 0 Å². The van der Waals surface area contributed by atoms with Gasteiger partial charge >= 0.3 is 0 Å². The molecule has 1 saturated heterocycles. The fourth-order valence-corrected chi connectivity index (χ4v) is 2.03. The molecule has 1 fully saturated rings. The van der Waals surface area contributed by atoms with Gasteiger partial charge in [0.2, 0.25) is 5.91 Å². The van der Waals surface area contributed by atoms with Gasteiger partial charge in [-0.25, -0.2) is 4.98 Å². The smallest absolute Gasteiger partial charge is 0.251 e. The minimum Gasteiger partial charge on any atom is -0.354 e. The Morgan fingerprint density at radius 3 is 3.06 bits per heavy atom. The molecule has 90 valence electrons. The summed E-state index contributed by atoms with van der Waals surface area (Å²) in [4.78, 5) is 26.8. The second-order valence-electron chi connectivity index (χ2n) is 3.88. The number of hydrogen-bond donors (Lipinski definition) is 2. The van der Waals surface area contributed by atoms with Crippen molar-refractivity contribution in [3.8, 4) is 0 Å². The number of piperidine rings is 1. The Balaban J connectivity index is 1.95. The van der Waals surface area contributed by atoms with Gasteiger partial charge < -0.3 is 10.6 Å². The Bertz CT molecular complexity index is 440. The van der Waals surface area contributed by atoms with Crippen molar-refractivity contribution in [3.63, 3.8) is 0 Å². The topological polar surface area (TPSA) is 71.1 Å². The molecule has 2 rings (SSSR count). The summed E-state index contributed by atoms with van der Waals surface area (Å²) in [6.07, 6.45) is 2.72. The molecule has 2 amide bonds. The van der Waals surface area contributed by atoms with Crippen molar-refractivity contribution in [1.82, 2.24) is 15.6 Å². The molecule has 0 bridgehead atoms. The van der Waals surface area contributed by atoms with Gasteiger partial charge in [0.1, 0.15) is 4.60 Å². The lowest BCUT2D eigenvalue weighted by Gasteiger charge is -2.23. The first-order valence-electron chi connectivity index (χ1n) is 5.34. The Morgan fingerprint density at radius 1 is 1.59 bits per heavy atom. The lowest BCUT2D eigenvalue weighted by Crippen LogP contribution is -2.47. The summed E-state index contributed by atoms with van der Waals surface area (Å²) in [7, 11) is 0. The quantitative estimate of drug-likeness (QED) is 0.795. The van der Waals surface area contributed by atoms with Crippen LogP contribution in [-0.2, 0) is 4.79 Å². The molecule has 1 atom stereocenters. The van der Waals surface area contributed by atoms with Crippen LogP contribution >= 0.6 is 15.9 Å². The van der Waals surface area contributed by atoms with Crippen molar-refractivity contribution >= 4 is 27.7 Å². The summed E-state index contributed by atoms with van der Waals surface area (Å²) in [6.45, 7) is 0.497. The van der Waals surface area contributed by atoms with Gasteiger partial charge in [-0.2, -0.15) is 0 Å². The molecule has 5 nitrogen and oxygen atoms in total. The van der Waals surface area contributed by atoms with Crippen LogP contribution in [0.5, 0.6) is 0 Å². The van der Waals surface area contributed by atoms with E-state index in [2.05, 4.69) is 31.5 Å². The highest BCUT2D eigenvalue weighted by Gasteiger charge is 2.20. The third-order valence-corrected chi connectivity index (χ3v) is 3.02. The van der Waals surface area contributed by atoms with Crippen molar-refractivity contribution in [2.24, 2.45) is 0 Å². The van der Waals surface area contributed by atoms with Crippen LogP contribution in [0, 0.1) is 0 Å². The number of pyridine rings is 1. The molecule has 1 aliphatic rings. The molecular weight excluding hydrogens is 286 g/mol. The molecule has 2 heterocycles. The first-order chi connectivity index (χ1) is 8.15. The molecule has 1 aromatic rings. The summed E-state index contributed by atoms with van der Waals surface area (Å²) in [5.74, 6) is -0.101. The predicted molar refractivity (Wildman–Crippen MR) is 65.4 cm³/mol. The average Bonchev–Trinajstić information content (AvgIpc) is 2.32. The van der Waals surface area contributed by atoms with Crippen LogP contribution in [0.2, 0.25) is 0 Å². The number of rotatable bonds is 2. The highest BCUT2D eigenvalue weighted by molar-refractivity contribution is 9.10. The molecule has 0 aromatic carbocycles. The molecule has 2 N–H and O–H groups in total. The van der Waals surface area contributed by atoms with Crippen LogP contribution in [-0.4, -0.2) is 29.4 Å². The number of aromatic nitrogens is 1.